The summed E-state index contributed by atoms with van der Waals surface area (Å²) in [5, 5.41) is 44.7. The van der Waals surface area contributed by atoms with E-state index in [4.69, 9.17) is 37.9 Å². The van der Waals surface area contributed by atoms with Gasteiger partial charge in [0.1, 0.15) is 41.3 Å². The van der Waals surface area contributed by atoms with Crippen LogP contribution >= 0.6 is 0 Å². The standard InChI is InChI=1S/C34H38O13/c1-40-20-12-10-19(11-13-20)34-27(18-8-6-5-7-9-18)26(30(38)42-3)29(37)33(34,39)28-23(41-2)14-21(15-24(28)47-34)45-32-31(43-4)44-17-25(46-32)22(36)16-35/h5-15,22,25-27,29,31-32,35-37,39H,16-17H2,1-4H3/t22-,25-,26-,27-,29-,31-,32?,33+,34+/m1/s1. The van der Waals surface area contributed by atoms with Crippen molar-refractivity contribution in [2.75, 3.05) is 41.7 Å². The van der Waals surface area contributed by atoms with Crippen LogP contribution in [0.2, 0.25) is 0 Å². The van der Waals surface area contributed by atoms with Gasteiger partial charge in [0.05, 0.1) is 46.0 Å². The van der Waals surface area contributed by atoms with E-state index in [9.17, 15) is 25.2 Å². The molecule has 0 radical (unpaired) electrons. The van der Waals surface area contributed by atoms with Gasteiger partial charge in [-0.3, -0.25) is 4.79 Å². The number of hydrogen-bond acceptors (Lipinski definition) is 13. The minimum absolute atomic E-state index is 0.0474. The Hall–Kier alpha value is -3.95. The smallest absolute Gasteiger partial charge is 0.312 e. The summed E-state index contributed by atoms with van der Waals surface area (Å²) in [7, 11) is 5.54. The van der Waals surface area contributed by atoms with Crippen molar-refractivity contribution in [2.24, 2.45) is 5.92 Å². The molecular formula is C34H38O13. The highest BCUT2D eigenvalue weighted by Gasteiger charge is 2.78. The third-order valence-electron chi connectivity index (χ3n) is 9.25. The van der Waals surface area contributed by atoms with Gasteiger partial charge in [0.2, 0.25) is 6.29 Å². The summed E-state index contributed by atoms with van der Waals surface area (Å²) in [5.74, 6) is -2.05. The fraction of sp³-hybridized carbons (Fsp3) is 0.441. The molecule has 4 N–H and O–H groups in total. The van der Waals surface area contributed by atoms with Crippen molar-refractivity contribution in [1.82, 2.24) is 0 Å². The summed E-state index contributed by atoms with van der Waals surface area (Å²) in [4.78, 5) is 13.5. The monoisotopic (exact) mass is 654 g/mol. The van der Waals surface area contributed by atoms with Crippen LogP contribution in [0.25, 0.3) is 0 Å². The van der Waals surface area contributed by atoms with Gasteiger partial charge in [0, 0.05) is 25.2 Å². The number of hydrogen-bond donors (Lipinski definition) is 4. The molecule has 1 saturated carbocycles. The van der Waals surface area contributed by atoms with E-state index in [0.29, 0.717) is 16.9 Å². The number of aliphatic hydroxyl groups is 4. The van der Waals surface area contributed by atoms with Crippen LogP contribution in [0, 0.1) is 5.92 Å². The third kappa shape index (κ3) is 5.10. The number of rotatable bonds is 10. The molecule has 2 fully saturated rings. The molecule has 3 aromatic carbocycles. The Kier molecular flexibility index (Phi) is 9.06. The largest absolute Gasteiger partial charge is 0.497 e. The number of carbonyl (C=O) groups is 1. The zero-order valence-electron chi connectivity index (χ0n) is 26.3. The van der Waals surface area contributed by atoms with E-state index in [1.165, 1.54) is 40.6 Å². The van der Waals surface area contributed by atoms with Crippen LogP contribution in [0.15, 0.2) is 66.7 Å². The molecule has 9 atom stereocenters. The van der Waals surface area contributed by atoms with Crippen molar-refractivity contribution in [3.8, 4) is 23.0 Å². The van der Waals surface area contributed by atoms with E-state index < -0.39 is 66.5 Å². The number of methoxy groups -OCH3 is 4. The Balaban J connectivity index is 1.52. The number of benzene rings is 3. The first kappa shape index (κ1) is 33.0. The zero-order chi connectivity index (χ0) is 33.5. The first-order valence-corrected chi connectivity index (χ1v) is 15.0. The summed E-state index contributed by atoms with van der Waals surface area (Å²) >= 11 is 0. The molecule has 0 amide bonds. The molecule has 2 aliphatic heterocycles. The molecule has 0 spiro atoms. The van der Waals surface area contributed by atoms with Gasteiger partial charge in [0.15, 0.2) is 11.2 Å². The van der Waals surface area contributed by atoms with Crippen molar-refractivity contribution < 1.29 is 63.1 Å². The number of fused-ring (bicyclic) bond motifs is 3. The Morgan fingerprint density at radius 1 is 0.979 bits per heavy atom. The number of aliphatic hydroxyl groups excluding tert-OH is 3. The normalized spacial score (nSPS) is 31.7. The van der Waals surface area contributed by atoms with Gasteiger partial charge in [0.25, 0.3) is 6.29 Å². The summed E-state index contributed by atoms with van der Waals surface area (Å²) < 4.78 is 46.2. The van der Waals surface area contributed by atoms with Crippen LogP contribution in [0.5, 0.6) is 23.0 Å². The van der Waals surface area contributed by atoms with Crippen LogP contribution in [-0.2, 0) is 34.9 Å². The highest BCUT2D eigenvalue weighted by Crippen LogP contribution is 2.70. The van der Waals surface area contributed by atoms with Gasteiger partial charge >= 0.3 is 5.97 Å². The summed E-state index contributed by atoms with van der Waals surface area (Å²) in [6.07, 6.45) is -6.03. The molecule has 0 bridgehead atoms. The molecule has 1 unspecified atom stereocenters. The summed E-state index contributed by atoms with van der Waals surface area (Å²) in [6.45, 7) is -0.601. The fourth-order valence-electron chi connectivity index (χ4n) is 7.11. The second-order valence-corrected chi connectivity index (χ2v) is 11.6. The van der Waals surface area contributed by atoms with Crippen LogP contribution in [0.3, 0.4) is 0 Å². The Morgan fingerprint density at radius 3 is 2.32 bits per heavy atom. The first-order chi connectivity index (χ1) is 22.7. The van der Waals surface area contributed by atoms with Crippen molar-refractivity contribution in [3.63, 3.8) is 0 Å². The Morgan fingerprint density at radius 2 is 1.70 bits per heavy atom. The number of carbonyl (C=O) groups excluding carboxylic acids is 1. The van der Waals surface area contributed by atoms with Gasteiger partial charge in [-0.25, -0.2) is 0 Å². The lowest BCUT2D eigenvalue weighted by Crippen LogP contribution is -2.52. The SMILES string of the molecule is COC(=O)[C@H]1[C@@H](O)[C@@]2(O)c3c(OC)cc(OC4O[C@@H]([C@H](O)CO)CO[C@H]4OC)cc3O[C@@]2(c2ccc(OC)cc2)[C@@H]1c1ccccc1. The molecule has 0 aromatic heterocycles. The average molecular weight is 655 g/mol. The highest BCUT2D eigenvalue weighted by molar-refractivity contribution is 5.78. The van der Waals surface area contributed by atoms with E-state index in [1.54, 1.807) is 48.5 Å². The van der Waals surface area contributed by atoms with Crippen molar-refractivity contribution >= 4 is 5.97 Å². The molecule has 2 heterocycles. The van der Waals surface area contributed by atoms with Crippen LogP contribution in [-0.4, -0.2) is 98.9 Å². The van der Waals surface area contributed by atoms with Gasteiger partial charge in [-0.1, -0.05) is 42.5 Å². The molecule has 47 heavy (non-hydrogen) atoms. The topological polar surface area (TPSA) is 172 Å². The van der Waals surface area contributed by atoms with E-state index in [2.05, 4.69) is 0 Å². The minimum atomic E-state index is -2.25. The second kappa shape index (κ2) is 12.9. The third-order valence-corrected chi connectivity index (χ3v) is 9.25. The maximum atomic E-state index is 13.5. The fourth-order valence-corrected chi connectivity index (χ4v) is 7.11. The number of esters is 1. The lowest BCUT2D eigenvalue weighted by atomic mass is 9.70. The zero-order valence-corrected chi connectivity index (χ0v) is 26.3. The van der Waals surface area contributed by atoms with Crippen molar-refractivity contribution in [2.45, 2.75) is 48.0 Å². The molecule has 13 heteroatoms. The lowest BCUT2D eigenvalue weighted by molar-refractivity contribution is -0.324. The second-order valence-electron chi connectivity index (χ2n) is 11.6. The quantitative estimate of drug-likeness (QED) is 0.233. The highest BCUT2D eigenvalue weighted by atomic mass is 16.8. The first-order valence-electron chi connectivity index (χ1n) is 15.0. The van der Waals surface area contributed by atoms with E-state index in [1.807, 2.05) is 6.07 Å². The van der Waals surface area contributed by atoms with Crippen LogP contribution in [0.4, 0.5) is 0 Å². The average Bonchev–Trinajstić information content (AvgIpc) is 3.49. The Labute approximate surface area is 271 Å². The van der Waals surface area contributed by atoms with E-state index >= 15 is 0 Å². The maximum absolute atomic E-state index is 13.5. The lowest BCUT2D eigenvalue weighted by Gasteiger charge is -2.40. The molecule has 6 rings (SSSR count). The van der Waals surface area contributed by atoms with Gasteiger partial charge in [-0.15, -0.1) is 0 Å². The molecular weight excluding hydrogens is 616 g/mol. The predicted octanol–water partition coefficient (Wildman–Crippen LogP) is 1.57. The van der Waals surface area contributed by atoms with Crippen molar-refractivity contribution in [3.05, 3.63) is 83.4 Å². The van der Waals surface area contributed by atoms with Crippen LogP contribution < -0.4 is 18.9 Å². The van der Waals surface area contributed by atoms with Gasteiger partial charge in [-0.2, -0.15) is 0 Å². The molecule has 1 aliphatic carbocycles. The molecule has 3 aliphatic rings. The number of ether oxygens (including phenoxy) is 8. The predicted molar refractivity (Wildman–Crippen MR) is 162 cm³/mol. The van der Waals surface area contributed by atoms with Crippen LogP contribution in [0.1, 0.15) is 22.6 Å². The van der Waals surface area contributed by atoms with Crippen molar-refractivity contribution in [1.29, 1.82) is 0 Å². The summed E-state index contributed by atoms with van der Waals surface area (Å²) in [6, 6.07) is 18.8. The Bertz CT molecular complexity index is 1570. The maximum Gasteiger partial charge on any atom is 0.312 e. The molecule has 3 aromatic rings. The van der Waals surface area contributed by atoms with Gasteiger partial charge < -0.3 is 58.3 Å². The summed E-state index contributed by atoms with van der Waals surface area (Å²) in [5.41, 5.74) is -2.88. The molecule has 1 saturated heterocycles. The van der Waals surface area contributed by atoms with Gasteiger partial charge in [-0.05, 0) is 23.3 Å². The van der Waals surface area contributed by atoms with E-state index in [0.717, 1.165) is 0 Å². The molecule has 13 nitrogen and oxygen atoms in total. The minimum Gasteiger partial charge on any atom is -0.497 e. The van der Waals surface area contributed by atoms with E-state index in [-0.39, 0.29) is 29.4 Å². The molecule has 252 valence electrons.